The number of rotatable bonds is 4. The summed E-state index contributed by atoms with van der Waals surface area (Å²) in [5, 5.41) is 6.21. The highest BCUT2D eigenvalue weighted by Gasteiger charge is 2.20. The van der Waals surface area contributed by atoms with E-state index in [1.807, 2.05) is 12.1 Å². The SMILES string of the molecule is CN(C)C(=O)c1ccc(CNC(=O)C2CCCNC2)cc1. The molecule has 0 saturated carbocycles. The van der Waals surface area contributed by atoms with Gasteiger partial charge in [-0.15, -0.1) is 0 Å². The van der Waals surface area contributed by atoms with Crippen LogP contribution in [-0.4, -0.2) is 43.9 Å². The fourth-order valence-electron chi connectivity index (χ4n) is 2.43. The zero-order valence-corrected chi connectivity index (χ0v) is 12.7. The molecule has 1 heterocycles. The Morgan fingerprint density at radius 1 is 1.29 bits per heavy atom. The van der Waals surface area contributed by atoms with Crippen molar-refractivity contribution in [2.24, 2.45) is 5.92 Å². The Balaban J connectivity index is 1.86. The van der Waals surface area contributed by atoms with Gasteiger partial charge in [0, 0.05) is 32.7 Å². The summed E-state index contributed by atoms with van der Waals surface area (Å²) in [6.07, 6.45) is 2.01. The minimum absolute atomic E-state index is 0.0149. The second-order valence-electron chi connectivity index (χ2n) is 5.66. The van der Waals surface area contributed by atoms with Gasteiger partial charge in [-0.25, -0.2) is 0 Å². The van der Waals surface area contributed by atoms with E-state index in [0.29, 0.717) is 12.1 Å². The Morgan fingerprint density at radius 2 is 2.00 bits per heavy atom. The van der Waals surface area contributed by atoms with Crippen LogP contribution in [0.2, 0.25) is 0 Å². The van der Waals surface area contributed by atoms with Gasteiger partial charge in [0.1, 0.15) is 0 Å². The minimum atomic E-state index is -0.0149. The van der Waals surface area contributed by atoms with Crippen molar-refractivity contribution >= 4 is 11.8 Å². The third-order valence-corrected chi connectivity index (χ3v) is 3.74. The first kappa shape index (κ1) is 15.5. The molecule has 1 aliphatic heterocycles. The molecule has 5 nitrogen and oxygen atoms in total. The average Bonchev–Trinajstić information content (AvgIpc) is 2.53. The van der Waals surface area contributed by atoms with Gasteiger partial charge in [-0.3, -0.25) is 9.59 Å². The lowest BCUT2D eigenvalue weighted by Gasteiger charge is -2.21. The molecule has 0 aliphatic carbocycles. The highest BCUT2D eigenvalue weighted by atomic mass is 16.2. The van der Waals surface area contributed by atoms with Crippen molar-refractivity contribution in [1.29, 1.82) is 0 Å². The van der Waals surface area contributed by atoms with E-state index in [2.05, 4.69) is 10.6 Å². The lowest BCUT2D eigenvalue weighted by molar-refractivity contribution is -0.125. The third kappa shape index (κ3) is 4.29. The van der Waals surface area contributed by atoms with Crippen molar-refractivity contribution < 1.29 is 9.59 Å². The van der Waals surface area contributed by atoms with Crippen molar-refractivity contribution in [2.75, 3.05) is 27.2 Å². The van der Waals surface area contributed by atoms with Crippen LogP contribution in [0.3, 0.4) is 0 Å². The predicted molar refractivity (Wildman–Crippen MR) is 81.9 cm³/mol. The van der Waals surface area contributed by atoms with Crippen molar-refractivity contribution in [3.63, 3.8) is 0 Å². The second kappa shape index (κ2) is 7.22. The van der Waals surface area contributed by atoms with Gasteiger partial charge in [0.25, 0.3) is 5.91 Å². The van der Waals surface area contributed by atoms with Crippen molar-refractivity contribution in [3.05, 3.63) is 35.4 Å². The van der Waals surface area contributed by atoms with Gasteiger partial charge in [-0.05, 0) is 37.1 Å². The summed E-state index contributed by atoms with van der Waals surface area (Å²) in [5.41, 5.74) is 1.66. The summed E-state index contributed by atoms with van der Waals surface area (Å²) in [4.78, 5) is 25.4. The average molecular weight is 289 g/mol. The minimum Gasteiger partial charge on any atom is -0.352 e. The quantitative estimate of drug-likeness (QED) is 0.869. The van der Waals surface area contributed by atoms with Gasteiger partial charge in [-0.2, -0.15) is 0 Å². The van der Waals surface area contributed by atoms with Gasteiger partial charge in [-0.1, -0.05) is 12.1 Å². The van der Waals surface area contributed by atoms with E-state index in [1.165, 1.54) is 0 Å². The molecule has 1 atom stereocenters. The normalized spacial score (nSPS) is 18.1. The van der Waals surface area contributed by atoms with Gasteiger partial charge >= 0.3 is 0 Å². The Kier molecular flexibility index (Phi) is 5.33. The molecule has 2 N–H and O–H groups in total. The van der Waals surface area contributed by atoms with E-state index in [1.54, 1.807) is 31.1 Å². The molecule has 114 valence electrons. The Bertz CT molecular complexity index is 491. The molecule has 1 unspecified atom stereocenters. The van der Waals surface area contributed by atoms with Gasteiger partial charge in [0.05, 0.1) is 5.92 Å². The first-order valence-corrected chi connectivity index (χ1v) is 7.37. The largest absolute Gasteiger partial charge is 0.352 e. The van der Waals surface area contributed by atoms with E-state index in [4.69, 9.17) is 0 Å². The molecular weight excluding hydrogens is 266 g/mol. The summed E-state index contributed by atoms with van der Waals surface area (Å²) in [6, 6.07) is 7.37. The summed E-state index contributed by atoms with van der Waals surface area (Å²) in [5.74, 6) is 0.169. The summed E-state index contributed by atoms with van der Waals surface area (Å²) in [6.45, 7) is 2.28. The Morgan fingerprint density at radius 3 is 2.57 bits per heavy atom. The number of hydrogen-bond acceptors (Lipinski definition) is 3. The number of benzene rings is 1. The number of hydrogen-bond donors (Lipinski definition) is 2. The number of piperidine rings is 1. The number of carbonyl (C=O) groups excluding carboxylic acids is 2. The molecule has 2 amide bonds. The molecule has 1 aromatic carbocycles. The lowest BCUT2D eigenvalue weighted by Crippen LogP contribution is -2.40. The number of carbonyl (C=O) groups is 2. The molecule has 0 radical (unpaired) electrons. The molecule has 0 spiro atoms. The molecule has 1 saturated heterocycles. The van der Waals surface area contributed by atoms with Crippen LogP contribution in [0.1, 0.15) is 28.8 Å². The van der Waals surface area contributed by atoms with Gasteiger partial charge in [0.15, 0.2) is 0 Å². The fourth-order valence-corrected chi connectivity index (χ4v) is 2.43. The van der Waals surface area contributed by atoms with E-state index >= 15 is 0 Å². The second-order valence-corrected chi connectivity index (χ2v) is 5.66. The van der Waals surface area contributed by atoms with E-state index < -0.39 is 0 Å². The molecule has 5 heteroatoms. The van der Waals surface area contributed by atoms with E-state index in [9.17, 15) is 9.59 Å². The van der Waals surface area contributed by atoms with E-state index in [0.717, 1.165) is 31.5 Å². The topological polar surface area (TPSA) is 61.4 Å². The number of nitrogens with one attached hydrogen (secondary N) is 2. The molecule has 1 aliphatic rings. The number of nitrogens with zero attached hydrogens (tertiary/aromatic N) is 1. The standard InChI is InChI=1S/C16H23N3O2/c1-19(2)16(21)13-7-5-12(6-8-13)10-18-15(20)14-4-3-9-17-11-14/h5-8,14,17H,3-4,9-11H2,1-2H3,(H,18,20). The van der Waals surface area contributed by atoms with Gasteiger partial charge in [0.2, 0.25) is 5.91 Å². The lowest BCUT2D eigenvalue weighted by atomic mass is 9.99. The Labute approximate surface area is 125 Å². The molecule has 1 aromatic rings. The first-order valence-electron chi connectivity index (χ1n) is 7.37. The summed E-state index contributed by atoms with van der Waals surface area (Å²) < 4.78 is 0. The van der Waals surface area contributed by atoms with Crippen LogP contribution in [0.4, 0.5) is 0 Å². The van der Waals surface area contributed by atoms with E-state index in [-0.39, 0.29) is 17.7 Å². The predicted octanol–water partition coefficient (Wildman–Crippen LogP) is 1.00. The van der Waals surface area contributed by atoms with Crippen LogP contribution in [-0.2, 0) is 11.3 Å². The van der Waals surface area contributed by atoms with Crippen LogP contribution >= 0.6 is 0 Å². The molecule has 21 heavy (non-hydrogen) atoms. The smallest absolute Gasteiger partial charge is 0.253 e. The zero-order valence-electron chi connectivity index (χ0n) is 12.7. The molecular formula is C16H23N3O2. The maximum atomic E-state index is 12.0. The Hall–Kier alpha value is -1.88. The van der Waals surface area contributed by atoms with Gasteiger partial charge < -0.3 is 15.5 Å². The number of amides is 2. The molecule has 0 aromatic heterocycles. The van der Waals surface area contributed by atoms with Crippen molar-refractivity contribution in [1.82, 2.24) is 15.5 Å². The van der Waals surface area contributed by atoms with Crippen LogP contribution in [0.15, 0.2) is 24.3 Å². The third-order valence-electron chi connectivity index (χ3n) is 3.74. The zero-order chi connectivity index (χ0) is 15.2. The molecule has 0 bridgehead atoms. The highest BCUT2D eigenvalue weighted by Crippen LogP contribution is 2.11. The van der Waals surface area contributed by atoms with Crippen molar-refractivity contribution in [3.8, 4) is 0 Å². The van der Waals surface area contributed by atoms with Crippen LogP contribution in [0, 0.1) is 5.92 Å². The maximum absolute atomic E-state index is 12.0. The highest BCUT2D eigenvalue weighted by molar-refractivity contribution is 5.93. The van der Waals surface area contributed by atoms with Crippen LogP contribution in [0.25, 0.3) is 0 Å². The maximum Gasteiger partial charge on any atom is 0.253 e. The summed E-state index contributed by atoms with van der Waals surface area (Å²) >= 11 is 0. The van der Waals surface area contributed by atoms with Crippen molar-refractivity contribution in [2.45, 2.75) is 19.4 Å². The molecule has 1 fully saturated rings. The van der Waals surface area contributed by atoms with Crippen LogP contribution in [0.5, 0.6) is 0 Å². The monoisotopic (exact) mass is 289 g/mol. The fraction of sp³-hybridized carbons (Fsp3) is 0.500. The van der Waals surface area contributed by atoms with Crippen LogP contribution < -0.4 is 10.6 Å². The summed E-state index contributed by atoms with van der Waals surface area (Å²) in [7, 11) is 3.46. The first-order chi connectivity index (χ1) is 10.1. The molecule has 2 rings (SSSR count).